The minimum absolute atomic E-state index is 0.131. The molecule has 23 heavy (non-hydrogen) atoms. The molecule has 2 aromatic rings. The number of benzene rings is 1. The Morgan fingerprint density at radius 2 is 2.00 bits per heavy atom. The van der Waals surface area contributed by atoms with E-state index in [1.807, 2.05) is 42.1 Å². The van der Waals surface area contributed by atoms with Crippen molar-refractivity contribution in [1.29, 1.82) is 0 Å². The lowest BCUT2D eigenvalue weighted by molar-refractivity contribution is -0.125. The number of nitrogens with zero attached hydrogens (tertiary/aromatic N) is 2. The van der Waals surface area contributed by atoms with Gasteiger partial charge in [0, 0.05) is 25.4 Å². The van der Waals surface area contributed by atoms with E-state index in [-0.39, 0.29) is 17.9 Å². The van der Waals surface area contributed by atoms with Crippen molar-refractivity contribution in [3.63, 3.8) is 0 Å². The van der Waals surface area contributed by atoms with Crippen LogP contribution in [0.1, 0.15) is 43.1 Å². The first-order valence-electron chi connectivity index (χ1n) is 8.10. The van der Waals surface area contributed by atoms with Gasteiger partial charge in [0.25, 0.3) is 0 Å². The lowest BCUT2D eigenvalue weighted by atomic mass is 10.0. The fraction of sp³-hybridized carbons (Fsp3) is 0.444. The summed E-state index contributed by atoms with van der Waals surface area (Å²) in [5.74, 6) is 1.90. The molecular weight excluding hydrogens is 290 g/mol. The van der Waals surface area contributed by atoms with Crippen molar-refractivity contribution >= 4 is 5.91 Å². The number of carbonyl (C=O) groups is 1. The van der Waals surface area contributed by atoms with Crippen molar-refractivity contribution in [2.45, 2.75) is 31.7 Å². The third-order valence-electron chi connectivity index (χ3n) is 4.58. The minimum Gasteiger partial charge on any atom is -0.497 e. The summed E-state index contributed by atoms with van der Waals surface area (Å²) in [6.45, 7) is 0. The third kappa shape index (κ3) is 3.38. The van der Waals surface area contributed by atoms with Gasteiger partial charge in [0.1, 0.15) is 17.6 Å². The summed E-state index contributed by atoms with van der Waals surface area (Å²) in [7, 11) is 3.59. The number of amides is 1. The molecule has 1 aliphatic carbocycles. The molecule has 1 unspecified atom stereocenters. The molecule has 5 nitrogen and oxygen atoms in total. The van der Waals surface area contributed by atoms with E-state index in [0.29, 0.717) is 0 Å². The molecule has 0 radical (unpaired) electrons. The second-order valence-corrected chi connectivity index (χ2v) is 6.09. The van der Waals surface area contributed by atoms with Crippen molar-refractivity contribution in [3.8, 4) is 5.75 Å². The van der Waals surface area contributed by atoms with E-state index >= 15 is 0 Å². The lowest BCUT2D eigenvalue weighted by Crippen LogP contribution is -2.34. The zero-order valence-electron chi connectivity index (χ0n) is 13.7. The van der Waals surface area contributed by atoms with Crippen LogP contribution in [0.2, 0.25) is 0 Å². The fourth-order valence-electron chi connectivity index (χ4n) is 3.20. The minimum atomic E-state index is -0.242. The highest BCUT2D eigenvalue weighted by atomic mass is 16.5. The van der Waals surface area contributed by atoms with E-state index in [9.17, 15) is 4.79 Å². The molecule has 1 aromatic heterocycles. The van der Waals surface area contributed by atoms with Gasteiger partial charge in [-0.1, -0.05) is 25.0 Å². The van der Waals surface area contributed by atoms with Crippen LogP contribution in [0.4, 0.5) is 0 Å². The number of hydrogen-bond acceptors (Lipinski definition) is 3. The number of hydrogen-bond donors (Lipinski definition) is 1. The number of aromatic nitrogens is 2. The van der Waals surface area contributed by atoms with E-state index in [4.69, 9.17) is 4.74 Å². The summed E-state index contributed by atoms with van der Waals surface area (Å²) in [4.78, 5) is 17.0. The van der Waals surface area contributed by atoms with Gasteiger partial charge < -0.3 is 14.6 Å². The Morgan fingerprint density at radius 3 is 2.57 bits per heavy atom. The zero-order valence-corrected chi connectivity index (χ0v) is 13.7. The average Bonchev–Trinajstić information content (AvgIpc) is 3.24. The first-order chi connectivity index (χ1) is 11.2. The van der Waals surface area contributed by atoms with Gasteiger partial charge in [-0.05, 0) is 30.5 Å². The van der Waals surface area contributed by atoms with Crippen LogP contribution >= 0.6 is 0 Å². The second-order valence-electron chi connectivity index (χ2n) is 6.09. The van der Waals surface area contributed by atoms with E-state index in [1.165, 1.54) is 0 Å². The molecule has 3 rings (SSSR count). The van der Waals surface area contributed by atoms with E-state index in [0.717, 1.165) is 42.8 Å². The molecule has 0 aliphatic heterocycles. The number of aryl methyl sites for hydroxylation is 1. The summed E-state index contributed by atoms with van der Waals surface area (Å²) in [5, 5.41) is 3.19. The molecule has 0 bridgehead atoms. The summed E-state index contributed by atoms with van der Waals surface area (Å²) in [6.07, 6.45) is 7.92. The molecule has 1 heterocycles. The smallest absolute Gasteiger partial charge is 0.223 e. The van der Waals surface area contributed by atoms with Gasteiger partial charge in [0.05, 0.1) is 7.11 Å². The van der Waals surface area contributed by atoms with Crippen LogP contribution < -0.4 is 10.1 Å². The van der Waals surface area contributed by atoms with Crippen LogP contribution in [0.3, 0.4) is 0 Å². The standard InChI is InChI=1S/C18H23N3O2/c1-21-12-11-19-17(21)16(13-7-9-15(23-2)10-8-13)20-18(22)14-5-3-4-6-14/h7-12,14,16H,3-6H2,1-2H3,(H,20,22). The Labute approximate surface area is 136 Å². The normalized spacial score (nSPS) is 16.3. The Morgan fingerprint density at radius 1 is 1.30 bits per heavy atom. The summed E-state index contributed by atoms with van der Waals surface area (Å²) >= 11 is 0. The van der Waals surface area contributed by atoms with Crippen molar-refractivity contribution in [1.82, 2.24) is 14.9 Å². The first-order valence-corrected chi connectivity index (χ1v) is 8.10. The lowest BCUT2D eigenvalue weighted by Gasteiger charge is -2.21. The van der Waals surface area contributed by atoms with Crippen LogP contribution in [0, 0.1) is 5.92 Å². The average molecular weight is 313 g/mol. The van der Waals surface area contributed by atoms with Gasteiger partial charge in [-0.2, -0.15) is 0 Å². The molecule has 1 N–H and O–H groups in total. The molecule has 1 fully saturated rings. The largest absolute Gasteiger partial charge is 0.497 e. The van der Waals surface area contributed by atoms with Crippen LogP contribution in [0.5, 0.6) is 5.75 Å². The van der Waals surface area contributed by atoms with Crippen LogP contribution in [-0.2, 0) is 11.8 Å². The topological polar surface area (TPSA) is 56.1 Å². The Hall–Kier alpha value is -2.30. The number of carbonyl (C=O) groups excluding carboxylic acids is 1. The van der Waals surface area contributed by atoms with Crippen molar-refractivity contribution in [3.05, 3.63) is 48.0 Å². The Balaban J connectivity index is 1.86. The Kier molecular flexibility index (Phi) is 4.65. The molecule has 1 saturated carbocycles. The highest BCUT2D eigenvalue weighted by Crippen LogP contribution is 2.28. The van der Waals surface area contributed by atoms with Gasteiger partial charge in [-0.3, -0.25) is 4.79 Å². The van der Waals surface area contributed by atoms with Crippen molar-refractivity contribution in [2.24, 2.45) is 13.0 Å². The predicted molar refractivity (Wildman–Crippen MR) is 88.1 cm³/mol. The molecule has 0 spiro atoms. The van der Waals surface area contributed by atoms with Gasteiger partial charge in [0.2, 0.25) is 5.91 Å². The fourth-order valence-corrected chi connectivity index (χ4v) is 3.20. The van der Waals surface area contributed by atoms with Crippen LogP contribution in [0.15, 0.2) is 36.7 Å². The molecule has 0 saturated heterocycles. The molecule has 1 atom stereocenters. The predicted octanol–water partition coefficient (Wildman–Crippen LogP) is 2.82. The summed E-state index contributed by atoms with van der Waals surface area (Å²) in [6, 6.07) is 7.54. The molecule has 122 valence electrons. The van der Waals surface area contributed by atoms with Gasteiger partial charge in [-0.25, -0.2) is 4.98 Å². The third-order valence-corrected chi connectivity index (χ3v) is 4.58. The molecule has 1 amide bonds. The molecule has 1 aliphatic rings. The monoisotopic (exact) mass is 313 g/mol. The number of ether oxygens (including phenoxy) is 1. The first kappa shape index (κ1) is 15.6. The van der Waals surface area contributed by atoms with Gasteiger partial charge in [0.15, 0.2) is 0 Å². The van der Waals surface area contributed by atoms with Gasteiger partial charge >= 0.3 is 0 Å². The molecular formula is C18H23N3O2. The second kappa shape index (κ2) is 6.86. The number of nitrogens with one attached hydrogen (secondary N) is 1. The maximum absolute atomic E-state index is 12.6. The maximum atomic E-state index is 12.6. The van der Waals surface area contributed by atoms with Crippen LogP contribution in [-0.4, -0.2) is 22.6 Å². The number of imidazole rings is 1. The quantitative estimate of drug-likeness (QED) is 0.923. The van der Waals surface area contributed by atoms with Crippen molar-refractivity contribution in [2.75, 3.05) is 7.11 Å². The molecule has 5 heteroatoms. The maximum Gasteiger partial charge on any atom is 0.223 e. The summed E-state index contributed by atoms with van der Waals surface area (Å²) < 4.78 is 7.17. The van der Waals surface area contributed by atoms with E-state index in [1.54, 1.807) is 13.3 Å². The Bertz CT molecular complexity index is 657. The van der Waals surface area contributed by atoms with E-state index < -0.39 is 0 Å². The zero-order chi connectivity index (χ0) is 16.2. The van der Waals surface area contributed by atoms with Crippen molar-refractivity contribution < 1.29 is 9.53 Å². The highest BCUT2D eigenvalue weighted by Gasteiger charge is 2.27. The highest BCUT2D eigenvalue weighted by molar-refractivity contribution is 5.79. The van der Waals surface area contributed by atoms with Gasteiger partial charge in [-0.15, -0.1) is 0 Å². The SMILES string of the molecule is COc1ccc(C(NC(=O)C2CCCC2)c2nccn2C)cc1. The van der Waals surface area contributed by atoms with Crippen LogP contribution in [0.25, 0.3) is 0 Å². The van der Waals surface area contributed by atoms with E-state index in [2.05, 4.69) is 10.3 Å². The molecule has 1 aromatic carbocycles. The summed E-state index contributed by atoms with van der Waals surface area (Å²) in [5.41, 5.74) is 1.01. The number of rotatable bonds is 5. The number of methoxy groups -OCH3 is 1.